The molecule has 0 aliphatic rings. The minimum Gasteiger partial charge on any atom is -0.352 e. The van der Waals surface area contributed by atoms with E-state index in [4.69, 9.17) is 0 Å². The number of hydrogen-bond acceptors (Lipinski definition) is 6. The van der Waals surface area contributed by atoms with Crippen molar-refractivity contribution in [3.63, 3.8) is 0 Å². The zero-order valence-electron chi connectivity index (χ0n) is 11.5. The fraction of sp³-hybridized carbons (Fsp3) is 0.143. The van der Waals surface area contributed by atoms with Crippen LogP contribution in [0.25, 0.3) is 16.3 Å². The molecule has 0 unspecified atom stereocenters. The smallest absolute Gasteiger partial charge is 0.244 e. The van der Waals surface area contributed by atoms with E-state index in [1.807, 2.05) is 24.3 Å². The van der Waals surface area contributed by atoms with Crippen molar-refractivity contribution in [3.05, 3.63) is 41.5 Å². The van der Waals surface area contributed by atoms with Crippen LogP contribution in [0.2, 0.25) is 0 Å². The summed E-state index contributed by atoms with van der Waals surface area (Å²) in [7, 11) is 0. The number of fused-ring (bicyclic) bond motifs is 1. The molecule has 1 amide bonds. The molecule has 2 N–H and O–H groups in total. The van der Waals surface area contributed by atoms with Crippen LogP contribution < -0.4 is 5.32 Å². The van der Waals surface area contributed by atoms with E-state index in [9.17, 15) is 4.79 Å². The second kappa shape index (κ2) is 7.19. The summed E-state index contributed by atoms with van der Waals surface area (Å²) in [6.07, 6.45) is 4.91. The van der Waals surface area contributed by atoms with Gasteiger partial charge in [-0.05, 0) is 18.2 Å². The molecule has 0 spiro atoms. The molecule has 8 heteroatoms. The number of thioether (sulfide) groups is 1. The summed E-state index contributed by atoms with van der Waals surface area (Å²) in [5.74, 6) is 0.618. The van der Waals surface area contributed by atoms with Gasteiger partial charge in [0, 0.05) is 18.4 Å². The van der Waals surface area contributed by atoms with Crippen molar-refractivity contribution in [2.45, 2.75) is 5.03 Å². The molecular weight excluding hydrogens is 318 g/mol. The summed E-state index contributed by atoms with van der Waals surface area (Å²) < 4.78 is 1.12. The Morgan fingerprint density at radius 1 is 1.41 bits per heavy atom. The number of thiazole rings is 1. The Kier molecular flexibility index (Phi) is 4.81. The summed E-state index contributed by atoms with van der Waals surface area (Å²) in [6, 6.07) is 7.91. The second-order valence-corrected chi connectivity index (χ2v) is 6.48. The number of aromatic nitrogens is 4. The first-order valence-electron chi connectivity index (χ1n) is 6.61. The monoisotopic (exact) mass is 331 g/mol. The Hall–Kier alpha value is -2.19. The standard InChI is InChI=1S/C14H13N5OS2/c20-12(15-7-8-21-14-9-16-19-18-14)5-6-13-17-10-3-1-2-4-11(10)22-13/h1-6,9H,7-8H2,(H,15,20)(H,16,18,19). The molecule has 0 fully saturated rings. The molecule has 0 radical (unpaired) electrons. The lowest BCUT2D eigenvalue weighted by molar-refractivity contribution is -0.116. The van der Waals surface area contributed by atoms with Crippen LogP contribution in [0.15, 0.2) is 41.6 Å². The fourth-order valence-corrected chi connectivity index (χ4v) is 3.27. The Morgan fingerprint density at radius 2 is 2.32 bits per heavy atom. The molecular formula is C14H13N5OS2. The van der Waals surface area contributed by atoms with Crippen molar-refractivity contribution in [3.8, 4) is 0 Å². The molecule has 0 saturated carbocycles. The lowest BCUT2D eigenvalue weighted by Crippen LogP contribution is -2.23. The van der Waals surface area contributed by atoms with Crippen LogP contribution in [-0.2, 0) is 4.79 Å². The summed E-state index contributed by atoms with van der Waals surface area (Å²) in [6.45, 7) is 0.570. The summed E-state index contributed by atoms with van der Waals surface area (Å²) >= 11 is 3.10. The predicted octanol–water partition coefficient (Wildman–Crippen LogP) is 2.34. The predicted molar refractivity (Wildman–Crippen MR) is 88.8 cm³/mol. The number of rotatable bonds is 6. The van der Waals surface area contributed by atoms with E-state index >= 15 is 0 Å². The maximum absolute atomic E-state index is 11.7. The van der Waals surface area contributed by atoms with Gasteiger partial charge in [-0.15, -0.1) is 28.2 Å². The largest absolute Gasteiger partial charge is 0.352 e. The van der Waals surface area contributed by atoms with Crippen molar-refractivity contribution in [2.24, 2.45) is 0 Å². The number of carbonyl (C=O) groups excluding carboxylic acids is 1. The molecule has 0 bridgehead atoms. The Labute approximate surface area is 135 Å². The van der Waals surface area contributed by atoms with Crippen LogP contribution in [0.4, 0.5) is 0 Å². The maximum atomic E-state index is 11.7. The molecule has 3 aromatic rings. The number of para-hydroxylation sites is 1. The molecule has 22 heavy (non-hydrogen) atoms. The highest BCUT2D eigenvalue weighted by atomic mass is 32.2. The van der Waals surface area contributed by atoms with Crippen LogP contribution in [0.5, 0.6) is 0 Å². The first kappa shape index (κ1) is 14.7. The SMILES string of the molecule is O=C(C=Cc1nc2ccccc2s1)NCCSc1cn[nH]n1. The number of benzene rings is 1. The number of carbonyl (C=O) groups is 1. The number of nitrogens with one attached hydrogen (secondary N) is 2. The van der Waals surface area contributed by atoms with Crippen molar-refractivity contribution < 1.29 is 4.79 Å². The first-order valence-corrected chi connectivity index (χ1v) is 8.41. The third-order valence-electron chi connectivity index (χ3n) is 2.73. The van der Waals surface area contributed by atoms with Crippen LogP contribution in [0.1, 0.15) is 5.01 Å². The van der Waals surface area contributed by atoms with E-state index in [1.54, 1.807) is 23.6 Å². The van der Waals surface area contributed by atoms with E-state index in [1.165, 1.54) is 17.8 Å². The Bertz CT molecular complexity index is 748. The molecule has 3 rings (SSSR count). The van der Waals surface area contributed by atoms with Crippen LogP contribution >= 0.6 is 23.1 Å². The Balaban J connectivity index is 1.46. The van der Waals surface area contributed by atoms with Gasteiger partial charge in [0.05, 0.1) is 16.4 Å². The second-order valence-electron chi connectivity index (χ2n) is 4.30. The van der Waals surface area contributed by atoms with E-state index < -0.39 is 0 Å². The van der Waals surface area contributed by atoms with Crippen molar-refractivity contribution in [1.82, 2.24) is 25.7 Å². The summed E-state index contributed by atoms with van der Waals surface area (Å²) in [5.41, 5.74) is 0.955. The van der Waals surface area contributed by atoms with Gasteiger partial charge in [0.1, 0.15) is 10.0 Å². The van der Waals surface area contributed by atoms with Gasteiger partial charge in [-0.2, -0.15) is 10.3 Å². The van der Waals surface area contributed by atoms with E-state index in [0.717, 1.165) is 26.0 Å². The summed E-state index contributed by atoms with van der Waals surface area (Å²) in [5, 5.41) is 14.6. The van der Waals surface area contributed by atoms with Gasteiger partial charge in [0.2, 0.25) is 5.91 Å². The number of H-pyrrole nitrogens is 1. The molecule has 2 heterocycles. The van der Waals surface area contributed by atoms with Gasteiger partial charge in [0.15, 0.2) is 0 Å². The topological polar surface area (TPSA) is 83.6 Å². The zero-order valence-corrected chi connectivity index (χ0v) is 13.2. The molecule has 0 aliphatic carbocycles. The summed E-state index contributed by atoms with van der Waals surface area (Å²) in [4.78, 5) is 16.2. The zero-order chi connectivity index (χ0) is 15.2. The van der Waals surface area contributed by atoms with Gasteiger partial charge in [0.25, 0.3) is 0 Å². The van der Waals surface area contributed by atoms with Gasteiger partial charge < -0.3 is 5.32 Å². The molecule has 0 atom stereocenters. The van der Waals surface area contributed by atoms with Crippen molar-refractivity contribution in [1.29, 1.82) is 0 Å². The normalized spacial score (nSPS) is 11.3. The Morgan fingerprint density at radius 3 is 3.14 bits per heavy atom. The van der Waals surface area contributed by atoms with E-state index in [2.05, 4.69) is 25.7 Å². The minimum atomic E-state index is -0.125. The molecule has 2 aromatic heterocycles. The first-order chi connectivity index (χ1) is 10.8. The number of hydrogen-bond donors (Lipinski definition) is 2. The van der Waals surface area contributed by atoms with Crippen molar-refractivity contribution in [2.75, 3.05) is 12.3 Å². The quantitative estimate of drug-likeness (QED) is 0.411. The lowest BCUT2D eigenvalue weighted by atomic mass is 10.3. The highest BCUT2D eigenvalue weighted by molar-refractivity contribution is 7.99. The number of amides is 1. The third kappa shape index (κ3) is 3.92. The number of nitrogens with zero attached hydrogens (tertiary/aromatic N) is 3. The minimum absolute atomic E-state index is 0.125. The fourth-order valence-electron chi connectivity index (χ4n) is 1.76. The maximum Gasteiger partial charge on any atom is 0.244 e. The molecule has 0 saturated heterocycles. The average Bonchev–Trinajstić information content (AvgIpc) is 3.18. The molecule has 6 nitrogen and oxygen atoms in total. The van der Waals surface area contributed by atoms with Crippen molar-refractivity contribution >= 4 is 45.3 Å². The van der Waals surface area contributed by atoms with E-state index in [0.29, 0.717) is 6.54 Å². The van der Waals surface area contributed by atoms with Gasteiger partial charge in [-0.3, -0.25) is 4.79 Å². The molecule has 112 valence electrons. The van der Waals surface area contributed by atoms with Gasteiger partial charge in [-0.25, -0.2) is 4.98 Å². The lowest BCUT2D eigenvalue weighted by Gasteiger charge is -1.99. The van der Waals surface area contributed by atoms with Crippen LogP contribution in [0.3, 0.4) is 0 Å². The average molecular weight is 331 g/mol. The highest BCUT2D eigenvalue weighted by Crippen LogP contribution is 2.22. The highest BCUT2D eigenvalue weighted by Gasteiger charge is 2.01. The van der Waals surface area contributed by atoms with Crippen LogP contribution in [-0.4, -0.2) is 38.6 Å². The third-order valence-corrected chi connectivity index (χ3v) is 4.63. The number of aromatic amines is 1. The van der Waals surface area contributed by atoms with Crippen LogP contribution in [0, 0.1) is 0 Å². The van der Waals surface area contributed by atoms with Gasteiger partial charge >= 0.3 is 0 Å². The molecule has 0 aliphatic heterocycles. The van der Waals surface area contributed by atoms with E-state index in [-0.39, 0.29) is 5.91 Å². The molecule has 1 aromatic carbocycles. The van der Waals surface area contributed by atoms with Gasteiger partial charge in [-0.1, -0.05) is 12.1 Å².